The van der Waals surface area contributed by atoms with E-state index in [1.165, 1.54) is 0 Å². The van der Waals surface area contributed by atoms with Gasteiger partial charge in [-0.25, -0.2) is 4.98 Å². The van der Waals surface area contributed by atoms with E-state index in [0.717, 1.165) is 19.5 Å². The second-order valence-corrected chi connectivity index (χ2v) is 2.78. The van der Waals surface area contributed by atoms with Gasteiger partial charge < -0.3 is 10.1 Å². The van der Waals surface area contributed by atoms with Crippen LogP contribution in [-0.2, 0) is 0 Å². The lowest BCUT2D eigenvalue weighted by Crippen LogP contribution is -2.20. The number of rotatable bonds is 2. The van der Waals surface area contributed by atoms with Gasteiger partial charge in [0.1, 0.15) is 6.10 Å². The first-order valence-electron chi connectivity index (χ1n) is 4.08. The zero-order valence-electron chi connectivity index (χ0n) is 7.14. The topological polar surface area (TPSA) is 47.0 Å². The average Bonchev–Trinajstić information content (AvgIpc) is 2.59. The molecule has 1 saturated heterocycles. The van der Waals surface area contributed by atoms with Crippen molar-refractivity contribution in [1.82, 2.24) is 15.3 Å². The van der Waals surface area contributed by atoms with Gasteiger partial charge in [0.15, 0.2) is 0 Å². The summed E-state index contributed by atoms with van der Waals surface area (Å²) in [6, 6.07) is 0. The summed E-state index contributed by atoms with van der Waals surface area (Å²) >= 11 is 0. The van der Waals surface area contributed by atoms with Gasteiger partial charge in [0.05, 0.1) is 6.20 Å². The van der Waals surface area contributed by atoms with E-state index in [-0.39, 0.29) is 18.5 Å². The van der Waals surface area contributed by atoms with Crippen LogP contribution < -0.4 is 10.1 Å². The molecule has 0 bridgehead atoms. The third-order valence-electron chi connectivity index (χ3n) is 1.84. The second-order valence-electron chi connectivity index (χ2n) is 2.78. The van der Waals surface area contributed by atoms with Crippen LogP contribution in [0.4, 0.5) is 0 Å². The molecular weight excluding hydrogens is 190 g/mol. The van der Waals surface area contributed by atoms with Gasteiger partial charge in [0.2, 0.25) is 5.88 Å². The van der Waals surface area contributed by atoms with Crippen molar-refractivity contribution in [2.24, 2.45) is 0 Å². The molecule has 1 atom stereocenters. The third-order valence-corrected chi connectivity index (χ3v) is 1.84. The van der Waals surface area contributed by atoms with E-state index < -0.39 is 0 Å². The molecule has 1 N–H and O–H groups in total. The predicted octanol–water partition coefficient (Wildman–Crippen LogP) is 0.639. The normalized spacial score (nSPS) is 20.8. The Kier molecular flexibility index (Phi) is 3.92. The fraction of sp³-hybridized carbons (Fsp3) is 0.500. The van der Waals surface area contributed by atoms with Crippen molar-refractivity contribution in [2.45, 2.75) is 12.5 Å². The second kappa shape index (κ2) is 4.99. The molecule has 0 amide bonds. The standard InChI is InChI=1S/C8H11N3O.ClH/c1-2-9-5-7(1)12-8-6-10-3-4-11-8;/h3-4,6-7,9H,1-2,5H2;1H/t7-;/m0./s1. The van der Waals surface area contributed by atoms with Crippen LogP contribution >= 0.6 is 12.4 Å². The van der Waals surface area contributed by atoms with Gasteiger partial charge in [0.25, 0.3) is 0 Å². The molecule has 1 fully saturated rings. The van der Waals surface area contributed by atoms with E-state index in [0.29, 0.717) is 5.88 Å². The molecule has 1 aliphatic heterocycles. The van der Waals surface area contributed by atoms with Gasteiger partial charge in [-0.2, -0.15) is 0 Å². The largest absolute Gasteiger partial charge is 0.472 e. The van der Waals surface area contributed by atoms with Crippen molar-refractivity contribution < 1.29 is 4.74 Å². The predicted molar refractivity (Wildman–Crippen MR) is 51.2 cm³/mol. The minimum atomic E-state index is 0. The molecule has 0 spiro atoms. The Labute approximate surface area is 83.1 Å². The fourth-order valence-electron chi connectivity index (χ4n) is 1.25. The van der Waals surface area contributed by atoms with Crippen molar-refractivity contribution >= 4 is 12.4 Å². The highest BCUT2D eigenvalue weighted by Crippen LogP contribution is 2.08. The summed E-state index contributed by atoms with van der Waals surface area (Å²) in [5, 5.41) is 3.22. The van der Waals surface area contributed by atoms with E-state index in [1.54, 1.807) is 18.6 Å². The lowest BCUT2D eigenvalue weighted by Gasteiger charge is -2.09. The molecule has 4 nitrogen and oxygen atoms in total. The van der Waals surface area contributed by atoms with Crippen molar-refractivity contribution in [2.75, 3.05) is 13.1 Å². The van der Waals surface area contributed by atoms with Crippen LogP contribution in [0, 0.1) is 0 Å². The van der Waals surface area contributed by atoms with Gasteiger partial charge >= 0.3 is 0 Å². The SMILES string of the molecule is Cl.c1cnc(O[C@H]2CCNC2)cn1. The summed E-state index contributed by atoms with van der Waals surface area (Å²) in [7, 11) is 0. The summed E-state index contributed by atoms with van der Waals surface area (Å²) in [5.41, 5.74) is 0. The minimum Gasteiger partial charge on any atom is -0.472 e. The summed E-state index contributed by atoms with van der Waals surface area (Å²) < 4.78 is 5.54. The van der Waals surface area contributed by atoms with Gasteiger partial charge in [0, 0.05) is 18.9 Å². The van der Waals surface area contributed by atoms with Gasteiger partial charge in [-0.3, -0.25) is 4.98 Å². The number of nitrogens with one attached hydrogen (secondary N) is 1. The van der Waals surface area contributed by atoms with Crippen LogP contribution in [0.5, 0.6) is 5.88 Å². The maximum absolute atomic E-state index is 5.54. The van der Waals surface area contributed by atoms with E-state index in [4.69, 9.17) is 4.74 Å². The summed E-state index contributed by atoms with van der Waals surface area (Å²) in [4.78, 5) is 7.95. The molecule has 0 unspecified atom stereocenters. The summed E-state index contributed by atoms with van der Waals surface area (Å²) in [6.07, 6.45) is 6.23. The van der Waals surface area contributed by atoms with Crippen molar-refractivity contribution in [3.63, 3.8) is 0 Å². The lowest BCUT2D eigenvalue weighted by molar-refractivity contribution is 0.213. The number of ether oxygens (including phenoxy) is 1. The molecule has 13 heavy (non-hydrogen) atoms. The highest BCUT2D eigenvalue weighted by atomic mass is 35.5. The first-order chi connectivity index (χ1) is 5.95. The number of hydrogen-bond acceptors (Lipinski definition) is 4. The van der Waals surface area contributed by atoms with E-state index in [9.17, 15) is 0 Å². The third kappa shape index (κ3) is 2.82. The average molecular weight is 202 g/mol. The Hall–Kier alpha value is -0.870. The maximum Gasteiger partial charge on any atom is 0.232 e. The maximum atomic E-state index is 5.54. The number of aromatic nitrogens is 2. The zero-order chi connectivity index (χ0) is 8.23. The molecule has 2 rings (SSSR count). The molecule has 2 heterocycles. The van der Waals surface area contributed by atoms with Gasteiger partial charge in [-0.1, -0.05) is 0 Å². The van der Waals surface area contributed by atoms with Gasteiger partial charge in [-0.05, 0) is 13.0 Å². The Morgan fingerprint density at radius 3 is 3.00 bits per heavy atom. The molecule has 5 heteroatoms. The monoisotopic (exact) mass is 201 g/mol. The molecule has 1 aliphatic rings. The van der Waals surface area contributed by atoms with E-state index >= 15 is 0 Å². The van der Waals surface area contributed by atoms with Crippen molar-refractivity contribution in [3.05, 3.63) is 18.6 Å². The van der Waals surface area contributed by atoms with E-state index in [1.807, 2.05) is 0 Å². The Balaban J connectivity index is 0.000000845. The lowest BCUT2D eigenvalue weighted by atomic mass is 10.3. The molecular formula is C8H12ClN3O. The van der Waals surface area contributed by atoms with Crippen LogP contribution in [0.1, 0.15) is 6.42 Å². The molecule has 1 aromatic heterocycles. The van der Waals surface area contributed by atoms with Crippen molar-refractivity contribution in [3.8, 4) is 5.88 Å². The molecule has 0 aliphatic carbocycles. The highest BCUT2D eigenvalue weighted by Gasteiger charge is 2.15. The summed E-state index contributed by atoms with van der Waals surface area (Å²) in [6.45, 7) is 1.95. The molecule has 0 saturated carbocycles. The van der Waals surface area contributed by atoms with Crippen LogP contribution in [0.3, 0.4) is 0 Å². The molecule has 0 radical (unpaired) electrons. The Bertz CT molecular complexity index is 238. The minimum absolute atomic E-state index is 0. The zero-order valence-corrected chi connectivity index (χ0v) is 7.96. The summed E-state index contributed by atoms with van der Waals surface area (Å²) in [5.74, 6) is 0.617. The smallest absolute Gasteiger partial charge is 0.232 e. The number of hydrogen-bond donors (Lipinski definition) is 1. The molecule has 1 aromatic rings. The van der Waals surface area contributed by atoms with Crippen LogP contribution in [-0.4, -0.2) is 29.2 Å². The van der Waals surface area contributed by atoms with Crippen LogP contribution in [0.2, 0.25) is 0 Å². The fourth-order valence-corrected chi connectivity index (χ4v) is 1.25. The molecule has 0 aromatic carbocycles. The first-order valence-corrected chi connectivity index (χ1v) is 4.08. The Morgan fingerprint density at radius 1 is 1.46 bits per heavy atom. The van der Waals surface area contributed by atoms with E-state index in [2.05, 4.69) is 15.3 Å². The van der Waals surface area contributed by atoms with Crippen LogP contribution in [0.15, 0.2) is 18.6 Å². The quantitative estimate of drug-likeness (QED) is 0.763. The number of nitrogens with zero attached hydrogens (tertiary/aromatic N) is 2. The van der Waals surface area contributed by atoms with Crippen LogP contribution in [0.25, 0.3) is 0 Å². The molecule has 72 valence electrons. The Morgan fingerprint density at radius 2 is 2.38 bits per heavy atom. The highest BCUT2D eigenvalue weighted by molar-refractivity contribution is 5.85. The first kappa shape index (κ1) is 10.2. The van der Waals surface area contributed by atoms with Gasteiger partial charge in [-0.15, -0.1) is 12.4 Å². The van der Waals surface area contributed by atoms with Crippen molar-refractivity contribution in [1.29, 1.82) is 0 Å². The number of halogens is 1.